The van der Waals surface area contributed by atoms with Crippen LogP contribution in [-0.4, -0.2) is 4.98 Å². The van der Waals surface area contributed by atoms with Gasteiger partial charge in [-0.2, -0.15) is 0 Å². The maximum absolute atomic E-state index is 13.0. The van der Waals surface area contributed by atoms with Gasteiger partial charge in [0.25, 0.3) is 0 Å². The van der Waals surface area contributed by atoms with E-state index in [2.05, 4.69) is 10.3 Å². The van der Waals surface area contributed by atoms with E-state index in [1.54, 1.807) is 6.07 Å². The van der Waals surface area contributed by atoms with Gasteiger partial charge in [0, 0.05) is 11.1 Å². The van der Waals surface area contributed by atoms with Crippen LogP contribution in [0.2, 0.25) is 0 Å². The summed E-state index contributed by atoms with van der Waals surface area (Å²) in [5.74, 6) is 0.508. The van der Waals surface area contributed by atoms with Gasteiger partial charge in [-0.3, -0.25) is 0 Å². The minimum atomic E-state index is -0.243. The molecule has 0 aliphatic heterocycles. The van der Waals surface area contributed by atoms with Crippen molar-refractivity contribution in [2.75, 3.05) is 5.32 Å². The average Bonchev–Trinajstić information content (AvgIpc) is 2.40. The molecular weight excluding hydrogens is 227 g/mol. The highest BCUT2D eigenvalue weighted by atomic mass is 19.1. The molecule has 3 heteroatoms. The van der Waals surface area contributed by atoms with Crippen molar-refractivity contribution in [3.05, 3.63) is 66.5 Å². The quantitative estimate of drug-likeness (QED) is 0.726. The fourth-order valence-electron chi connectivity index (χ4n) is 1.84. The standard InChI is InChI=1S/C15H11FN2/c16-12-7-8-14-11(10-12)6-9-15(18-14)17-13-4-2-1-3-5-13/h1-10H,(H,17,18). The summed E-state index contributed by atoms with van der Waals surface area (Å²) in [5.41, 5.74) is 1.75. The largest absolute Gasteiger partial charge is 0.340 e. The van der Waals surface area contributed by atoms with Crippen molar-refractivity contribution in [2.24, 2.45) is 0 Å². The zero-order valence-electron chi connectivity index (χ0n) is 9.60. The number of nitrogens with zero attached hydrogens (tertiary/aromatic N) is 1. The molecular formula is C15H11FN2. The lowest BCUT2D eigenvalue weighted by atomic mass is 10.2. The normalized spacial score (nSPS) is 10.5. The molecule has 18 heavy (non-hydrogen) atoms. The predicted octanol–water partition coefficient (Wildman–Crippen LogP) is 4.12. The van der Waals surface area contributed by atoms with Gasteiger partial charge in [-0.05, 0) is 42.5 Å². The van der Waals surface area contributed by atoms with Crippen LogP contribution in [-0.2, 0) is 0 Å². The third kappa shape index (κ3) is 2.15. The summed E-state index contributed by atoms with van der Waals surface area (Å²) < 4.78 is 13.0. The topological polar surface area (TPSA) is 24.9 Å². The van der Waals surface area contributed by atoms with Crippen LogP contribution >= 0.6 is 0 Å². The van der Waals surface area contributed by atoms with E-state index in [1.165, 1.54) is 12.1 Å². The van der Waals surface area contributed by atoms with Crippen LogP contribution in [0.1, 0.15) is 0 Å². The fraction of sp³-hybridized carbons (Fsp3) is 0. The minimum absolute atomic E-state index is 0.243. The van der Waals surface area contributed by atoms with Crippen molar-refractivity contribution in [3.8, 4) is 0 Å². The van der Waals surface area contributed by atoms with Gasteiger partial charge in [0.05, 0.1) is 5.52 Å². The third-order valence-electron chi connectivity index (χ3n) is 2.70. The Balaban J connectivity index is 1.96. The second-order valence-electron chi connectivity index (χ2n) is 4.02. The van der Waals surface area contributed by atoms with Crippen LogP contribution in [0.4, 0.5) is 15.9 Å². The minimum Gasteiger partial charge on any atom is -0.340 e. The first-order chi connectivity index (χ1) is 8.81. The van der Waals surface area contributed by atoms with Gasteiger partial charge < -0.3 is 5.32 Å². The van der Waals surface area contributed by atoms with Gasteiger partial charge in [0.1, 0.15) is 11.6 Å². The molecule has 3 rings (SSSR count). The summed E-state index contributed by atoms with van der Waals surface area (Å²) in [5, 5.41) is 4.01. The Morgan fingerprint density at radius 2 is 1.72 bits per heavy atom. The number of benzene rings is 2. The summed E-state index contributed by atoms with van der Waals surface area (Å²) in [6.07, 6.45) is 0. The number of para-hydroxylation sites is 1. The Morgan fingerprint density at radius 1 is 0.889 bits per heavy atom. The molecule has 0 amide bonds. The fourth-order valence-corrected chi connectivity index (χ4v) is 1.84. The van der Waals surface area contributed by atoms with Gasteiger partial charge in [0.2, 0.25) is 0 Å². The van der Waals surface area contributed by atoms with Crippen LogP contribution in [0, 0.1) is 5.82 Å². The molecule has 0 saturated carbocycles. The Labute approximate surface area is 104 Å². The van der Waals surface area contributed by atoms with E-state index in [0.29, 0.717) is 0 Å². The number of rotatable bonds is 2. The van der Waals surface area contributed by atoms with E-state index in [-0.39, 0.29) is 5.82 Å². The van der Waals surface area contributed by atoms with E-state index in [9.17, 15) is 4.39 Å². The lowest BCUT2D eigenvalue weighted by Gasteiger charge is -2.06. The molecule has 3 aromatic rings. The Bertz CT molecular complexity index is 680. The zero-order valence-corrected chi connectivity index (χ0v) is 9.60. The monoisotopic (exact) mass is 238 g/mol. The van der Waals surface area contributed by atoms with Crippen molar-refractivity contribution >= 4 is 22.4 Å². The maximum Gasteiger partial charge on any atom is 0.131 e. The second-order valence-corrected chi connectivity index (χ2v) is 4.02. The first-order valence-electron chi connectivity index (χ1n) is 5.70. The van der Waals surface area contributed by atoms with Crippen LogP contribution in [0.3, 0.4) is 0 Å². The van der Waals surface area contributed by atoms with Crippen LogP contribution < -0.4 is 5.32 Å². The number of pyridine rings is 1. The number of aromatic nitrogens is 1. The highest BCUT2D eigenvalue weighted by molar-refractivity contribution is 5.80. The smallest absolute Gasteiger partial charge is 0.131 e. The van der Waals surface area contributed by atoms with Crippen LogP contribution in [0.25, 0.3) is 10.9 Å². The molecule has 0 bridgehead atoms. The summed E-state index contributed by atoms with van der Waals surface area (Å²) in [7, 11) is 0. The number of anilines is 2. The number of hydrogen-bond acceptors (Lipinski definition) is 2. The third-order valence-corrected chi connectivity index (χ3v) is 2.70. The summed E-state index contributed by atoms with van der Waals surface area (Å²) in [6, 6.07) is 18.1. The molecule has 0 atom stereocenters. The lowest BCUT2D eigenvalue weighted by molar-refractivity contribution is 0.629. The van der Waals surface area contributed by atoms with Gasteiger partial charge >= 0.3 is 0 Å². The molecule has 0 radical (unpaired) electrons. The summed E-state index contributed by atoms with van der Waals surface area (Å²) in [6.45, 7) is 0. The summed E-state index contributed by atoms with van der Waals surface area (Å²) >= 11 is 0. The average molecular weight is 238 g/mol. The van der Waals surface area contributed by atoms with E-state index >= 15 is 0 Å². The van der Waals surface area contributed by atoms with Crippen LogP contribution in [0.15, 0.2) is 60.7 Å². The Morgan fingerprint density at radius 3 is 2.56 bits per heavy atom. The van der Waals surface area contributed by atoms with E-state index in [0.717, 1.165) is 22.4 Å². The molecule has 0 aliphatic carbocycles. The summed E-state index contributed by atoms with van der Waals surface area (Å²) in [4.78, 5) is 4.43. The predicted molar refractivity (Wildman–Crippen MR) is 71.4 cm³/mol. The SMILES string of the molecule is Fc1ccc2nc(Nc3ccccc3)ccc2c1. The molecule has 88 valence electrons. The molecule has 0 spiro atoms. The lowest BCUT2D eigenvalue weighted by Crippen LogP contribution is -1.93. The molecule has 2 aromatic carbocycles. The van der Waals surface area contributed by atoms with Gasteiger partial charge in [-0.25, -0.2) is 9.37 Å². The number of nitrogens with one attached hydrogen (secondary N) is 1. The molecule has 0 unspecified atom stereocenters. The molecule has 1 aromatic heterocycles. The Hall–Kier alpha value is -2.42. The Kier molecular flexibility index (Phi) is 2.65. The molecule has 1 heterocycles. The molecule has 0 fully saturated rings. The number of halogens is 1. The van der Waals surface area contributed by atoms with E-state index < -0.39 is 0 Å². The van der Waals surface area contributed by atoms with Gasteiger partial charge in [-0.1, -0.05) is 18.2 Å². The van der Waals surface area contributed by atoms with Crippen molar-refractivity contribution < 1.29 is 4.39 Å². The molecule has 2 nitrogen and oxygen atoms in total. The van der Waals surface area contributed by atoms with Crippen molar-refractivity contribution in [3.63, 3.8) is 0 Å². The highest BCUT2D eigenvalue weighted by Gasteiger charge is 2.00. The van der Waals surface area contributed by atoms with Gasteiger partial charge in [0.15, 0.2) is 0 Å². The number of hydrogen-bond donors (Lipinski definition) is 1. The maximum atomic E-state index is 13.0. The number of fused-ring (bicyclic) bond motifs is 1. The van der Waals surface area contributed by atoms with E-state index in [4.69, 9.17) is 0 Å². The highest BCUT2D eigenvalue weighted by Crippen LogP contribution is 2.19. The van der Waals surface area contributed by atoms with Crippen molar-refractivity contribution in [1.82, 2.24) is 4.98 Å². The van der Waals surface area contributed by atoms with Crippen LogP contribution in [0.5, 0.6) is 0 Å². The van der Waals surface area contributed by atoms with Crippen molar-refractivity contribution in [2.45, 2.75) is 0 Å². The first kappa shape index (κ1) is 10.7. The zero-order chi connectivity index (χ0) is 12.4. The first-order valence-corrected chi connectivity index (χ1v) is 5.70. The van der Waals surface area contributed by atoms with E-state index in [1.807, 2.05) is 42.5 Å². The van der Waals surface area contributed by atoms with Crippen molar-refractivity contribution in [1.29, 1.82) is 0 Å². The molecule has 0 saturated heterocycles. The second kappa shape index (κ2) is 4.45. The van der Waals surface area contributed by atoms with Gasteiger partial charge in [-0.15, -0.1) is 0 Å². The molecule has 0 aliphatic rings. The molecule has 1 N–H and O–H groups in total.